The van der Waals surface area contributed by atoms with Gasteiger partial charge in [-0.25, -0.2) is 0 Å². The van der Waals surface area contributed by atoms with E-state index in [9.17, 15) is 0 Å². The van der Waals surface area contributed by atoms with Gasteiger partial charge in [-0.2, -0.15) is 0 Å². The van der Waals surface area contributed by atoms with Crippen LogP contribution in [0, 0.1) is 0 Å². The van der Waals surface area contributed by atoms with Gasteiger partial charge in [0.2, 0.25) is 0 Å². The third-order valence-electron chi connectivity index (χ3n) is 1.91. The molecule has 0 saturated carbocycles. The SMILES string of the molecule is CCC1CCCCP1. The summed E-state index contributed by atoms with van der Waals surface area (Å²) in [6.45, 7) is 2.32. The molecular weight excluding hydrogens is 115 g/mol. The average molecular weight is 130 g/mol. The van der Waals surface area contributed by atoms with E-state index in [-0.39, 0.29) is 0 Å². The third-order valence-corrected chi connectivity index (χ3v) is 3.82. The second-order valence-electron chi connectivity index (χ2n) is 2.56. The normalized spacial score (nSPS) is 33.4. The van der Waals surface area contributed by atoms with Crippen molar-refractivity contribution in [3.05, 3.63) is 0 Å². The Morgan fingerprint density at radius 1 is 1.50 bits per heavy atom. The van der Waals surface area contributed by atoms with E-state index in [1.54, 1.807) is 0 Å². The maximum atomic E-state index is 2.32. The molecule has 1 heteroatoms. The standard InChI is InChI=1S/C7H15P/c1-2-7-5-3-4-6-8-7/h7-8H,2-6H2,1H3. The Morgan fingerprint density at radius 2 is 2.38 bits per heavy atom. The van der Waals surface area contributed by atoms with Crippen molar-refractivity contribution < 1.29 is 0 Å². The van der Waals surface area contributed by atoms with E-state index < -0.39 is 0 Å². The highest BCUT2D eigenvalue weighted by atomic mass is 31.1. The van der Waals surface area contributed by atoms with E-state index in [1.165, 1.54) is 40.4 Å². The quantitative estimate of drug-likeness (QED) is 0.478. The van der Waals surface area contributed by atoms with Gasteiger partial charge >= 0.3 is 0 Å². The van der Waals surface area contributed by atoms with Crippen LogP contribution in [0.5, 0.6) is 0 Å². The fraction of sp³-hybridized carbons (Fsp3) is 1.00. The second-order valence-corrected chi connectivity index (χ2v) is 4.28. The Kier molecular flexibility index (Phi) is 2.83. The first kappa shape index (κ1) is 6.55. The molecule has 0 aromatic rings. The summed E-state index contributed by atoms with van der Waals surface area (Å²) in [5, 5.41) is 0. The summed E-state index contributed by atoms with van der Waals surface area (Å²) in [4.78, 5) is 0. The van der Waals surface area contributed by atoms with E-state index >= 15 is 0 Å². The van der Waals surface area contributed by atoms with Crippen molar-refractivity contribution in [3.63, 3.8) is 0 Å². The summed E-state index contributed by atoms with van der Waals surface area (Å²) >= 11 is 0. The molecular formula is C7H15P. The molecule has 2 unspecified atom stereocenters. The largest absolute Gasteiger partial charge is 0.119 e. The first-order valence-electron chi connectivity index (χ1n) is 3.67. The molecule has 48 valence electrons. The molecule has 1 fully saturated rings. The first-order valence-corrected chi connectivity index (χ1v) is 4.95. The van der Waals surface area contributed by atoms with Crippen LogP contribution in [0.15, 0.2) is 0 Å². The molecule has 0 bridgehead atoms. The van der Waals surface area contributed by atoms with Crippen LogP contribution in [-0.4, -0.2) is 11.8 Å². The van der Waals surface area contributed by atoms with E-state index in [0.717, 1.165) is 5.66 Å². The lowest BCUT2D eigenvalue weighted by Crippen LogP contribution is -2.04. The van der Waals surface area contributed by atoms with Gasteiger partial charge in [0, 0.05) is 0 Å². The van der Waals surface area contributed by atoms with Crippen LogP contribution < -0.4 is 0 Å². The zero-order chi connectivity index (χ0) is 5.82. The summed E-state index contributed by atoms with van der Waals surface area (Å²) in [6.07, 6.45) is 7.49. The van der Waals surface area contributed by atoms with Gasteiger partial charge in [0.15, 0.2) is 0 Å². The van der Waals surface area contributed by atoms with Crippen molar-refractivity contribution in [3.8, 4) is 0 Å². The molecule has 0 spiro atoms. The third kappa shape index (κ3) is 1.74. The Hall–Kier alpha value is 0.430. The van der Waals surface area contributed by atoms with Crippen molar-refractivity contribution in [2.75, 3.05) is 6.16 Å². The van der Waals surface area contributed by atoms with Crippen LogP contribution in [0.2, 0.25) is 0 Å². The van der Waals surface area contributed by atoms with Gasteiger partial charge in [-0.15, -0.1) is 8.58 Å². The number of hydrogen-bond donors (Lipinski definition) is 0. The van der Waals surface area contributed by atoms with Crippen molar-refractivity contribution in [1.82, 2.24) is 0 Å². The van der Waals surface area contributed by atoms with Crippen molar-refractivity contribution in [1.29, 1.82) is 0 Å². The molecule has 0 nitrogen and oxygen atoms in total. The Morgan fingerprint density at radius 3 is 2.75 bits per heavy atom. The maximum Gasteiger partial charge on any atom is -0.0239 e. The topological polar surface area (TPSA) is 0 Å². The summed E-state index contributed by atoms with van der Waals surface area (Å²) < 4.78 is 0. The highest BCUT2D eigenvalue weighted by Gasteiger charge is 2.09. The highest BCUT2D eigenvalue weighted by molar-refractivity contribution is 7.38. The molecule has 0 N–H and O–H groups in total. The fourth-order valence-electron chi connectivity index (χ4n) is 1.27. The van der Waals surface area contributed by atoms with Gasteiger partial charge in [-0.3, -0.25) is 0 Å². The average Bonchev–Trinajstić information content (AvgIpc) is 1.90. The molecule has 1 aliphatic rings. The van der Waals surface area contributed by atoms with Gasteiger partial charge in [-0.05, 0) is 31.1 Å². The smallest absolute Gasteiger partial charge is 0.0239 e. The van der Waals surface area contributed by atoms with Crippen molar-refractivity contribution >= 4 is 8.58 Å². The van der Waals surface area contributed by atoms with E-state index in [2.05, 4.69) is 6.92 Å². The van der Waals surface area contributed by atoms with E-state index in [4.69, 9.17) is 0 Å². The highest BCUT2D eigenvalue weighted by Crippen LogP contribution is 2.32. The zero-order valence-corrected chi connectivity index (χ0v) is 6.61. The Balaban J connectivity index is 2.13. The van der Waals surface area contributed by atoms with Crippen LogP contribution in [0.25, 0.3) is 0 Å². The summed E-state index contributed by atoms with van der Waals surface area (Å²) in [6, 6.07) is 0. The van der Waals surface area contributed by atoms with Crippen molar-refractivity contribution in [2.24, 2.45) is 0 Å². The molecule has 0 aliphatic carbocycles. The summed E-state index contributed by atoms with van der Waals surface area (Å²) in [7, 11) is 1.29. The molecule has 0 aromatic heterocycles. The van der Waals surface area contributed by atoms with Gasteiger partial charge in [0.1, 0.15) is 0 Å². The fourth-order valence-corrected chi connectivity index (χ4v) is 2.83. The molecule has 1 rings (SSSR count). The predicted octanol–water partition coefficient (Wildman–Crippen LogP) is 2.63. The molecule has 0 amide bonds. The number of hydrogen-bond acceptors (Lipinski definition) is 0. The minimum atomic E-state index is 1.11. The molecule has 2 atom stereocenters. The van der Waals surface area contributed by atoms with E-state index in [1.807, 2.05) is 0 Å². The van der Waals surface area contributed by atoms with Crippen LogP contribution >= 0.6 is 8.58 Å². The lowest BCUT2D eigenvalue weighted by Gasteiger charge is -2.19. The second kappa shape index (κ2) is 3.45. The van der Waals surface area contributed by atoms with Crippen LogP contribution in [0.1, 0.15) is 32.6 Å². The van der Waals surface area contributed by atoms with Gasteiger partial charge in [-0.1, -0.05) is 13.3 Å². The molecule has 0 aromatic carbocycles. The summed E-state index contributed by atoms with van der Waals surface area (Å²) in [5.74, 6) is 0. The molecule has 8 heavy (non-hydrogen) atoms. The van der Waals surface area contributed by atoms with Crippen LogP contribution in [0.3, 0.4) is 0 Å². The van der Waals surface area contributed by atoms with Gasteiger partial charge < -0.3 is 0 Å². The van der Waals surface area contributed by atoms with Crippen LogP contribution in [0.4, 0.5) is 0 Å². The molecule has 0 radical (unpaired) electrons. The zero-order valence-electron chi connectivity index (χ0n) is 5.61. The minimum absolute atomic E-state index is 1.11. The van der Waals surface area contributed by atoms with Crippen molar-refractivity contribution in [2.45, 2.75) is 38.3 Å². The number of rotatable bonds is 1. The molecule has 1 saturated heterocycles. The predicted molar refractivity (Wildman–Crippen MR) is 41.1 cm³/mol. The lowest BCUT2D eigenvalue weighted by molar-refractivity contribution is 0.644. The maximum absolute atomic E-state index is 2.32. The van der Waals surface area contributed by atoms with Crippen LogP contribution in [-0.2, 0) is 0 Å². The van der Waals surface area contributed by atoms with E-state index in [0.29, 0.717) is 0 Å². The lowest BCUT2D eigenvalue weighted by atomic mass is 10.1. The Bertz CT molecular complexity index is 55.4. The molecule has 1 heterocycles. The van der Waals surface area contributed by atoms with Gasteiger partial charge in [0.25, 0.3) is 0 Å². The minimum Gasteiger partial charge on any atom is -0.119 e. The Labute approximate surface area is 53.8 Å². The summed E-state index contributed by atoms with van der Waals surface area (Å²) in [5.41, 5.74) is 1.11. The van der Waals surface area contributed by atoms with Gasteiger partial charge in [0.05, 0.1) is 0 Å². The monoisotopic (exact) mass is 130 g/mol. The molecule has 1 aliphatic heterocycles. The first-order chi connectivity index (χ1) is 3.93.